The number of nitrogens with one attached hydrogen (secondary N) is 2. The van der Waals surface area contributed by atoms with E-state index in [1.54, 1.807) is 7.11 Å². The second kappa shape index (κ2) is 7.10. The zero-order valence-electron chi connectivity index (χ0n) is 13.5. The number of aryl methyl sites for hydroxylation is 1. The standard InChI is InChI=1S/C17H22N4OS/c1-12-7-8-14(19-12)16-15(13-6-3-4-9-18-13)20-17(23)21(16)10-5-11-22-2/h3-4,6-9,15-16,19H,5,10-11H2,1-2H3,(H,20,23). The maximum Gasteiger partial charge on any atom is 0.170 e. The molecule has 2 atom stereocenters. The average Bonchev–Trinajstić information content (AvgIpc) is 3.12. The lowest BCUT2D eigenvalue weighted by atomic mass is 10.0. The van der Waals surface area contributed by atoms with Crippen LogP contribution in [-0.2, 0) is 4.74 Å². The van der Waals surface area contributed by atoms with Crippen LogP contribution in [0.2, 0.25) is 0 Å². The van der Waals surface area contributed by atoms with E-state index in [0.717, 1.165) is 41.8 Å². The second-order valence-corrected chi connectivity index (χ2v) is 6.15. The summed E-state index contributed by atoms with van der Waals surface area (Å²) in [5.74, 6) is 0. The summed E-state index contributed by atoms with van der Waals surface area (Å²) in [7, 11) is 1.73. The van der Waals surface area contributed by atoms with Crippen LogP contribution in [0.5, 0.6) is 0 Å². The Morgan fingerprint density at radius 3 is 2.83 bits per heavy atom. The van der Waals surface area contributed by atoms with Gasteiger partial charge in [0.25, 0.3) is 0 Å². The van der Waals surface area contributed by atoms with Gasteiger partial charge in [-0.15, -0.1) is 0 Å². The van der Waals surface area contributed by atoms with E-state index in [0.29, 0.717) is 0 Å². The van der Waals surface area contributed by atoms with Gasteiger partial charge in [0.2, 0.25) is 0 Å². The Labute approximate surface area is 142 Å². The minimum absolute atomic E-state index is 0.0456. The van der Waals surface area contributed by atoms with Crippen molar-refractivity contribution in [3.05, 3.63) is 53.6 Å². The lowest BCUT2D eigenvalue weighted by Crippen LogP contribution is -2.31. The first-order chi connectivity index (χ1) is 11.2. The van der Waals surface area contributed by atoms with Crippen LogP contribution in [0.1, 0.15) is 35.6 Å². The van der Waals surface area contributed by atoms with Gasteiger partial charge in [-0.25, -0.2) is 0 Å². The maximum atomic E-state index is 5.58. The van der Waals surface area contributed by atoms with Crippen molar-refractivity contribution in [1.29, 1.82) is 0 Å². The number of hydrogen-bond donors (Lipinski definition) is 2. The predicted molar refractivity (Wildman–Crippen MR) is 94.2 cm³/mol. The first kappa shape index (κ1) is 16.0. The molecule has 0 spiro atoms. The van der Waals surface area contributed by atoms with Crippen molar-refractivity contribution in [2.24, 2.45) is 0 Å². The molecule has 1 saturated heterocycles. The lowest BCUT2D eigenvalue weighted by molar-refractivity contribution is 0.180. The molecule has 0 radical (unpaired) electrons. The van der Waals surface area contributed by atoms with Gasteiger partial charge in [-0.1, -0.05) is 6.07 Å². The van der Waals surface area contributed by atoms with Crippen LogP contribution in [-0.4, -0.2) is 40.2 Å². The number of aromatic amines is 1. The van der Waals surface area contributed by atoms with Crippen LogP contribution in [0.15, 0.2) is 36.5 Å². The van der Waals surface area contributed by atoms with Gasteiger partial charge in [0, 0.05) is 37.8 Å². The predicted octanol–water partition coefficient (Wildman–Crippen LogP) is 2.73. The number of rotatable bonds is 6. The lowest BCUT2D eigenvalue weighted by Gasteiger charge is -2.27. The van der Waals surface area contributed by atoms with Crippen LogP contribution >= 0.6 is 12.2 Å². The van der Waals surface area contributed by atoms with E-state index in [-0.39, 0.29) is 12.1 Å². The van der Waals surface area contributed by atoms with Crippen LogP contribution in [0.3, 0.4) is 0 Å². The van der Waals surface area contributed by atoms with Gasteiger partial charge in [-0.05, 0) is 49.8 Å². The van der Waals surface area contributed by atoms with E-state index in [1.165, 1.54) is 0 Å². The molecule has 2 unspecified atom stereocenters. The number of methoxy groups -OCH3 is 1. The molecule has 0 bridgehead atoms. The van der Waals surface area contributed by atoms with Gasteiger partial charge < -0.3 is 19.9 Å². The van der Waals surface area contributed by atoms with Crippen LogP contribution < -0.4 is 5.32 Å². The Morgan fingerprint density at radius 1 is 1.30 bits per heavy atom. The Morgan fingerprint density at radius 2 is 2.17 bits per heavy atom. The van der Waals surface area contributed by atoms with E-state index in [9.17, 15) is 0 Å². The summed E-state index contributed by atoms with van der Waals surface area (Å²) in [6, 6.07) is 10.4. The van der Waals surface area contributed by atoms with Crippen molar-refractivity contribution >= 4 is 17.3 Å². The van der Waals surface area contributed by atoms with Gasteiger partial charge >= 0.3 is 0 Å². The normalized spacial score (nSPS) is 20.8. The van der Waals surface area contributed by atoms with Gasteiger partial charge in [-0.2, -0.15) is 0 Å². The number of hydrogen-bond acceptors (Lipinski definition) is 3. The highest BCUT2D eigenvalue weighted by Gasteiger charge is 2.39. The first-order valence-corrected chi connectivity index (χ1v) is 8.24. The number of thiocarbonyl (C=S) groups is 1. The van der Waals surface area contributed by atoms with E-state index in [2.05, 4.69) is 39.2 Å². The molecule has 3 heterocycles. The minimum Gasteiger partial charge on any atom is -0.385 e. The van der Waals surface area contributed by atoms with Crippen molar-refractivity contribution in [3.63, 3.8) is 0 Å². The summed E-state index contributed by atoms with van der Waals surface area (Å²) in [6.07, 6.45) is 2.76. The smallest absolute Gasteiger partial charge is 0.170 e. The van der Waals surface area contributed by atoms with E-state index in [1.807, 2.05) is 24.4 Å². The Hall–Kier alpha value is -1.92. The number of ether oxygens (including phenoxy) is 1. The monoisotopic (exact) mass is 330 g/mol. The van der Waals surface area contributed by atoms with E-state index < -0.39 is 0 Å². The van der Waals surface area contributed by atoms with Gasteiger partial charge in [0.05, 0.1) is 17.8 Å². The molecule has 2 aromatic rings. The molecule has 2 N–H and O–H groups in total. The molecule has 0 aliphatic carbocycles. The van der Waals surface area contributed by atoms with E-state index >= 15 is 0 Å². The number of pyridine rings is 1. The topological polar surface area (TPSA) is 53.2 Å². The fourth-order valence-electron chi connectivity index (χ4n) is 3.06. The Balaban J connectivity index is 1.91. The third kappa shape index (κ3) is 3.38. The maximum absolute atomic E-state index is 5.58. The molecule has 1 aliphatic rings. The highest BCUT2D eigenvalue weighted by atomic mass is 32.1. The fourth-order valence-corrected chi connectivity index (χ4v) is 3.39. The van der Waals surface area contributed by atoms with Gasteiger partial charge in [0.15, 0.2) is 5.11 Å². The fraction of sp³-hybridized carbons (Fsp3) is 0.412. The van der Waals surface area contributed by atoms with Crippen LogP contribution in [0.4, 0.5) is 0 Å². The van der Waals surface area contributed by atoms with Crippen molar-refractivity contribution in [2.45, 2.75) is 25.4 Å². The largest absolute Gasteiger partial charge is 0.385 e. The number of nitrogens with zero attached hydrogens (tertiary/aromatic N) is 2. The Kier molecular flexibility index (Phi) is 4.93. The molecular formula is C17H22N4OS. The molecule has 0 aromatic carbocycles. The molecule has 1 fully saturated rings. The van der Waals surface area contributed by atoms with Crippen molar-refractivity contribution in [3.8, 4) is 0 Å². The average molecular weight is 330 g/mol. The SMILES string of the molecule is COCCCN1C(=S)NC(c2ccccn2)C1c1ccc(C)[nH]1. The number of H-pyrrole nitrogens is 1. The number of aromatic nitrogens is 2. The summed E-state index contributed by atoms with van der Waals surface area (Å²) < 4.78 is 5.18. The zero-order valence-corrected chi connectivity index (χ0v) is 14.3. The summed E-state index contributed by atoms with van der Waals surface area (Å²) in [5.41, 5.74) is 3.30. The Bertz CT molecular complexity index is 658. The molecule has 5 nitrogen and oxygen atoms in total. The minimum atomic E-state index is 0.0456. The van der Waals surface area contributed by atoms with Crippen LogP contribution in [0, 0.1) is 6.92 Å². The first-order valence-electron chi connectivity index (χ1n) is 7.83. The van der Waals surface area contributed by atoms with Crippen molar-refractivity contribution in [1.82, 2.24) is 20.2 Å². The molecule has 1 aliphatic heterocycles. The van der Waals surface area contributed by atoms with Gasteiger partial charge in [-0.3, -0.25) is 4.98 Å². The molecule has 6 heteroatoms. The molecular weight excluding hydrogens is 308 g/mol. The molecule has 0 saturated carbocycles. The molecule has 0 amide bonds. The quantitative estimate of drug-likeness (QED) is 0.630. The summed E-state index contributed by atoms with van der Waals surface area (Å²) in [4.78, 5) is 10.2. The summed E-state index contributed by atoms with van der Waals surface area (Å²) in [6.45, 7) is 3.64. The summed E-state index contributed by atoms with van der Waals surface area (Å²) in [5, 5.41) is 4.21. The van der Waals surface area contributed by atoms with Gasteiger partial charge in [0.1, 0.15) is 0 Å². The van der Waals surface area contributed by atoms with E-state index in [4.69, 9.17) is 17.0 Å². The molecule has 3 rings (SSSR count). The molecule has 122 valence electrons. The third-order valence-corrected chi connectivity index (χ3v) is 4.47. The van der Waals surface area contributed by atoms with Crippen molar-refractivity contribution < 1.29 is 4.74 Å². The molecule has 23 heavy (non-hydrogen) atoms. The highest BCUT2D eigenvalue weighted by molar-refractivity contribution is 7.80. The third-order valence-electron chi connectivity index (χ3n) is 4.12. The zero-order chi connectivity index (χ0) is 16.2. The van der Waals surface area contributed by atoms with Crippen LogP contribution in [0.25, 0.3) is 0 Å². The highest BCUT2D eigenvalue weighted by Crippen LogP contribution is 2.37. The van der Waals surface area contributed by atoms with Crippen molar-refractivity contribution in [2.75, 3.05) is 20.3 Å². The molecule has 2 aromatic heterocycles. The summed E-state index contributed by atoms with van der Waals surface area (Å²) >= 11 is 5.58. The second-order valence-electron chi connectivity index (χ2n) is 5.76.